The summed E-state index contributed by atoms with van der Waals surface area (Å²) in [6.45, 7) is 4.17. The van der Waals surface area contributed by atoms with Crippen LogP contribution in [0.5, 0.6) is 0 Å². The van der Waals surface area contributed by atoms with Gasteiger partial charge in [0.2, 0.25) is 0 Å². The second kappa shape index (κ2) is 10.0. The van der Waals surface area contributed by atoms with Crippen LogP contribution in [0.3, 0.4) is 0 Å². The number of carbonyl (C=O) groups excluding carboxylic acids is 1. The first kappa shape index (κ1) is 18.3. The number of carbonyl (C=O) groups is 2. The van der Waals surface area contributed by atoms with Gasteiger partial charge in [0.05, 0.1) is 12.2 Å². The van der Waals surface area contributed by atoms with Gasteiger partial charge in [-0.15, -0.1) is 11.8 Å². The quantitative estimate of drug-likeness (QED) is 0.415. The first-order valence-electron chi connectivity index (χ1n) is 6.93. The van der Waals surface area contributed by atoms with Gasteiger partial charge in [0.1, 0.15) is 6.61 Å². The predicted octanol–water partition coefficient (Wildman–Crippen LogP) is 2.58. The van der Waals surface area contributed by atoms with Gasteiger partial charge in [-0.1, -0.05) is 23.8 Å². The molecule has 1 aromatic carbocycles. The summed E-state index contributed by atoms with van der Waals surface area (Å²) in [5, 5.41) is 11.2. The Balaban J connectivity index is 2.50. The number of rotatable bonds is 9. The normalized spacial score (nSPS) is 10.1. The van der Waals surface area contributed by atoms with Crippen LogP contribution in [-0.2, 0) is 9.53 Å². The Morgan fingerprint density at radius 1 is 1.32 bits per heavy atom. The standard InChI is InChI=1S/C16H21NO4S/c1-12(2)7-10-22-14-6-4-3-5-13(14)16(20)17-8-9-21-11-15(18)19/h3-7H,8-11H2,1-2H3,(H,17,20)(H,18,19). The highest BCUT2D eigenvalue weighted by atomic mass is 32.2. The molecule has 0 aliphatic heterocycles. The molecule has 0 spiro atoms. The average molecular weight is 323 g/mol. The maximum atomic E-state index is 12.1. The van der Waals surface area contributed by atoms with Crippen molar-refractivity contribution in [3.8, 4) is 0 Å². The number of hydrogen-bond donors (Lipinski definition) is 2. The van der Waals surface area contributed by atoms with E-state index in [1.54, 1.807) is 17.8 Å². The molecule has 0 unspecified atom stereocenters. The Bertz CT molecular complexity index is 539. The lowest BCUT2D eigenvalue weighted by Crippen LogP contribution is -2.28. The molecule has 1 aromatic rings. The fourth-order valence-corrected chi connectivity index (χ4v) is 2.66. The van der Waals surface area contributed by atoms with Gasteiger partial charge in [-0.05, 0) is 26.0 Å². The van der Waals surface area contributed by atoms with Gasteiger partial charge in [-0.3, -0.25) is 4.79 Å². The van der Waals surface area contributed by atoms with Crippen molar-refractivity contribution in [3.63, 3.8) is 0 Å². The molecule has 22 heavy (non-hydrogen) atoms. The molecule has 0 aromatic heterocycles. The lowest BCUT2D eigenvalue weighted by atomic mass is 10.2. The fraction of sp³-hybridized carbons (Fsp3) is 0.375. The van der Waals surface area contributed by atoms with Crippen LogP contribution in [0.25, 0.3) is 0 Å². The summed E-state index contributed by atoms with van der Waals surface area (Å²) < 4.78 is 4.88. The number of ether oxygens (including phenoxy) is 1. The topological polar surface area (TPSA) is 75.6 Å². The van der Waals surface area contributed by atoms with Crippen molar-refractivity contribution < 1.29 is 19.4 Å². The molecule has 6 heteroatoms. The fourth-order valence-electron chi connectivity index (χ4n) is 1.57. The molecule has 0 saturated heterocycles. The molecule has 120 valence electrons. The third kappa shape index (κ3) is 7.28. The van der Waals surface area contributed by atoms with Crippen LogP contribution in [0, 0.1) is 0 Å². The van der Waals surface area contributed by atoms with Gasteiger partial charge < -0.3 is 15.2 Å². The van der Waals surface area contributed by atoms with Crippen LogP contribution in [0.1, 0.15) is 24.2 Å². The number of thioether (sulfide) groups is 1. The number of amides is 1. The van der Waals surface area contributed by atoms with Crippen molar-refractivity contribution in [2.75, 3.05) is 25.5 Å². The van der Waals surface area contributed by atoms with Crippen LogP contribution >= 0.6 is 11.8 Å². The summed E-state index contributed by atoms with van der Waals surface area (Å²) in [7, 11) is 0. The van der Waals surface area contributed by atoms with Crippen molar-refractivity contribution in [3.05, 3.63) is 41.5 Å². The number of hydrogen-bond acceptors (Lipinski definition) is 4. The third-order valence-electron chi connectivity index (χ3n) is 2.62. The van der Waals surface area contributed by atoms with Crippen LogP contribution in [0.15, 0.2) is 40.8 Å². The summed E-state index contributed by atoms with van der Waals surface area (Å²) in [6, 6.07) is 7.41. The minimum Gasteiger partial charge on any atom is -0.480 e. The molecule has 0 bridgehead atoms. The van der Waals surface area contributed by atoms with Gasteiger partial charge in [-0.25, -0.2) is 4.79 Å². The van der Waals surface area contributed by atoms with Crippen molar-refractivity contribution in [2.45, 2.75) is 18.7 Å². The molecule has 0 aliphatic rings. The summed E-state index contributed by atoms with van der Waals surface area (Å²) in [6.07, 6.45) is 2.11. The summed E-state index contributed by atoms with van der Waals surface area (Å²) in [5.74, 6) is -0.388. The molecule has 1 rings (SSSR count). The molecule has 0 saturated carbocycles. The van der Waals surface area contributed by atoms with Crippen LogP contribution in [0.2, 0.25) is 0 Å². The number of benzene rings is 1. The largest absolute Gasteiger partial charge is 0.480 e. The number of aliphatic carboxylic acids is 1. The van der Waals surface area contributed by atoms with Crippen molar-refractivity contribution in [1.29, 1.82) is 0 Å². The summed E-state index contributed by atoms with van der Waals surface area (Å²) in [4.78, 5) is 23.4. The van der Waals surface area contributed by atoms with Gasteiger partial charge in [-0.2, -0.15) is 0 Å². The van der Waals surface area contributed by atoms with E-state index in [0.717, 1.165) is 10.6 Å². The predicted molar refractivity (Wildman–Crippen MR) is 87.4 cm³/mol. The highest BCUT2D eigenvalue weighted by molar-refractivity contribution is 7.99. The monoisotopic (exact) mass is 323 g/mol. The van der Waals surface area contributed by atoms with E-state index in [0.29, 0.717) is 5.56 Å². The minimum absolute atomic E-state index is 0.172. The maximum Gasteiger partial charge on any atom is 0.329 e. The Hall–Kier alpha value is -1.79. The highest BCUT2D eigenvalue weighted by Gasteiger charge is 2.10. The number of carboxylic acid groups (broad SMARTS) is 1. The average Bonchev–Trinajstić information content (AvgIpc) is 2.46. The lowest BCUT2D eigenvalue weighted by molar-refractivity contribution is -0.142. The Kier molecular flexibility index (Phi) is 8.32. The molecular weight excluding hydrogens is 302 g/mol. The van der Waals surface area contributed by atoms with Crippen LogP contribution < -0.4 is 5.32 Å². The maximum absolute atomic E-state index is 12.1. The summed E-state index contributed by atoms with van der Waals surface area (Å²) in [5.41, 5.74) is 1.86. The zero-order valence-corrected chi connectivity index (χ0v) is 13.6. The molecule has 0 heterocycles. The van der Waals surface area contributed by atoms with Crippen LogP contribution in [0.4, 0.5) is 0 Å². The molecule has 0 atom stereocenters. The van der Waals surface area contributed by atoms with Crippen molar-refractivity contribution in [2.24, 2.45) is 0 Å². The molecule has 2 N–H and O–H groups in total. The van der Waals surface area contributed by atoms with Gasteiger partial charge in [0, 0.05) is 17.2 Å². The van der Waals surface area contributed by atoms with E-state index in [1.165, 1.54) is 5.57 Å². The molecule has 0 radical (unpaired) electrons. The lowest BCUT2D eigenvalue weighted by Gasteiger charge is -2.09. The second-order valence-electron chi connectivity index (χ2n) is 4.79. The van der Waals surface area contributed by atoms with E-state index in [-0.39, 0.29) is 25.7 Å². The molecule has 0 aliphatic carbocycles. The Morgan fingerprint density at radius 3 is 2.73 bits per heavy atom. The van der Waals surface area contributed by atoms with Crippen molar-refractivity contribution in [1.82, 2.24) is 5.32 Å². The van der Waals surface area contributed by atoms with Gasteiger partial charge in [0.25, 0.3) is 5.91 Å². The number of nitrogens with one attached hydrogen (secondary N) is 1. The van der Waals surface area contributed by atoms with E-state index >= 15 is 0 Å². The Labute approximate surface area is 134 Å². The van der Waals surface area contributed by atoms with Gasteiger partial charge >= 0.3 is 5.97 Å². The molecular formula is C16H21NO4S. The Morgan fingerprint density at radius 2 is 2.05 bits per heavy atom. The second-order valence-corrected chi connectivity index (χ2v) is 5.85. The zero-order chi connectivity index (χ0) is 16.4. The molecule has 5 nitrogen and oxygen atoms in total. The number of allylic oxidation sites excluding steroid dienone is 1. The smallest absolute Gasteiger partial charge is 0.329 e. The zero-order valence-electron chi connectivity index (χ0n) is 12.8. The first-order chi connectivity index (χ1) is 10.5. The van der Waals surface area contributed by atoms with E-state index in [9.17, 15) is 9.59 Å². The molecule has 1 amide bonds. The van der Waals surface area contributed by atoms with E-state index in [4.69, 9.17) is 9.84 Å². The highest BCUT2D eigenvalue weighted by Crippen LogP contribution is 2.23. The molecule has 0 fully saturated rings. The van der Waals surface area contributed by atoms with Gasteiger partial charge in [0.15, 0.2) is 0 Å². The van der Waals surface area contributed by atoms with E-state index in [1.807, 2.05) is 32.0 Å². The minimum atomic E-state index is -1.02. The SMILES string of the molecule is CC(C)=CCSc1ccccc1C(=O)NCCOCC(=O)O. The van der Waals surface area contributed by atoms with E-state index < -0.39 is 5.97 Å². The first-order valence-corrected chi connectivity index (χ1v) is 7.92. The van der Waals surface area contributed by atoms with Crippen LogP contribution in [-0.4, -0.2) is 42.5 Å². The number of carboxylic acids is 1. The van der Waals surface area contributed by atoms with Crippen molar-refractivity contribution >= 4 is 23.6 Å². The van der Waals surface area contributed by atoms with E-state index in [2.05, 4.69) is 11.4 Å². The third-order valence-corrected chi connectivity index (χ3v) is 3.62. The summed E-state index contributed by atoms with van der Waals surface area (Å²) >= 11 is 1.61.